The predicted molar refractivity (Wildman–Crippen MR) is 96.2 cm³/mol. The van der Waals surface area contributed by atoms with Gasteiger partial charge in [0.15, 0.2) is 0 Å². The molecule has 2 aromatic rings. The fraction of sp³-hybridized carbons (Fsp3) is 0.286. The van der Waals surface area contributed by atoms with Crippen LogP contribution in [-0.2, 0) is 27.5 Å². The highest BCUT2D eigenvalue weighted by Crippen LogP contribution is 2.25. The van der Waals surface area contributed by atoms with Crippen molar-refractivity contribution in [2.75, 3.05) is 0 Å². The first-order valence-corrected chi connectivity index (χ1v) is 8.53. The predicted octanol–water partition coefficient (Wildman–Crippen LogP) is 2.02. The Morgan fingerprint density at radius 1 is 0.846 bits per heavy atom. The molecule has 0 saturated heterocycles. The van der Waals surface area contributed by atoms with Crippen molar-refractivity contribution in [2.24, 2.45) is 0 Å². The molecule has 0 radical (unpaired) electrons. The molecule has 1 aliphatic carbocycles. The Hall–Kier alpha value is -2.31. The van der Waals surface area contributed by atoms with Gasteiger partial charge in [0.1, 0.15) is 30.7 Å². The standard InChI is InChI=1S/C21H22O5/c22-12-17-11-18(25-13-15-7-3-1-4-8-15)20(24)21(19(17)23)26-14-16-9-5-2-6-10-16/h1-12,18-21,23-24H,13-14H2/t18-,19+,20-,21-/m0/s1. The van der Waals surface area contributed by atoms with Crippen LogP contribution >= 0.6 is 0 Å². The lowest BCUT2D eigenvalue weighted by atomic mass is 9.89. The molecule has 5 heteroatoms. The number of aldehydes is 1. The van der Waals surface area contributed by atoms with E-state index in [4.69, 9.17) is 9.47 Å². The van der Waals surface area contributed by atoms with Gasteiger partial charge >= 0.3 is 0 Å². The van der Waals surface area contributed by atoms with Crippen LogP contribution in [0.3, 0.4) is 0 Å². The normalized spacial score (nSPS) is 25.5. The second-order valence-corrected chi connectivity index (χ2v) is 6.24. The van der Waals surface area contributed by atoms with Crippen LogP contribution in [0.25, 0.3) is 0 Å². The number of carbonyl (C=O) groups is 1. The highest BCUT2D eigenvalue weighted by atomic mass is 16.5. The summed E-state index contributed by atoms with van der Waals surface area (Å²) in [4.78, 5) is 11.3. The van der Waals surface area contributed by atoms with Gasteiger partial charge in [-0.1, -0.05) is 60.7 Å². The molecule has 136 valence electrons. The van der Waals surface area contributed by atoms with Crippen LogP contribution in [-0.4, -0.2) is 40.9 Å². The van der Waals surface area contributed by atoms with Crippen molar-refractivity contribution in [3.63, 3.8) is 0 Å². The third-order valence-corrected chi connectivity index (χ3v) is 4.39. The number of carbonyl (C=O) groups excluding carboxylic acids is 1. The number of benzene rings is 2. The van der Waals surface area contributed by atoms with Gasteiger partial charge in [-0.3, -0.25) is 4.79 Å². The summed E-state index contributed by atoms with van der Waals surface area (Å²) >= 11 is 0. The average molecular weight is 354 g/mol. The topological polar surface area (TPSA) is 76.0 Å². The zero-order valence-corrected chi connectivity index (χ0v) is 14.3. The molecule has 5 nitrogen and oxygen atoms in total. The Labute approximate surface area is 152 Å². The van der Waals surface area contributed by atoms with Crippen LogP contribution in [0.1, 0.15) is 11.1 Å². The summed E-state index contributed by atoms with van der Waals surface area (Å²) in [6, 6.07) is 19.0. The van der Waals surface area contributed by atoms with Crippen LogP contribution in [0.5, 0.6) is 0 Å². The SMILES string of the molecule is O=CC1=C[C@H](OCc2ccccc2)[C@H](O)[C@@H](OCc2ccccc2)[C@@H]1O. The molecule has 0 fully saturated rings. The van der Waals surface area contributed by atoms with Gasteiger partial charge in [-0.25, -0.2) is 0 Å². The molecule has 0 spiro atoms. The number of hydrogen-bond acceptors (Lipinski definition) is 5. The smallest absolute Gasteiger partial charge is 0.148 e. The van der Waals surface area contributed by atoms with Crippen molar-refractivity contribution >= 4 is 6.29 Å². The van der Waals surface area contributed by atoms with Crippen molar-refractivity contribution in [3.8, 4) is 0 Å². The van der Waals surface area contributed by atoms with E-state index in [2.05, 4.69) is 0 Å². The van der Waals surface area contributed by atoms with E-state index in [1.165, 1.54) is 6.08 Å². The molecule has 26 heavy (non-hydrogen) atoms. The maximum absolute atomic E-state index is 11.3. The highest BCUT2D eigenvalue weighted by molar-refractivity contribution is 5.75. The minimum Gasteiger partial charge on any atom is -0.387 e. The fourth-order valence-corrected chi connectivity index (χ4v) is 2.93. The number of rotatable bonds is 7. The van der Waals surface area contributed by atoms with Gasteiger partial charge in [0, 0.05) is 5.57 Å². The van der Waals surface area contributed by atoms with Crippen LogP contribution in [0.15, 0.2) is 72.3 Å². The van der Waals surface area contributed by atoms with Gasteiger partial charge < -0.3 is 19.7 Å². The third kappa shape index (κ3) is 4.45. The molecule has 0 amide bonds. The van der Waals surface area contributed by atoms with Crippen LogP contribution in [0.4, 0.5) is 0 Å². The minimum absolute atomic E-state index is 0.159. The first kappa shape index (κ1) is 18.5. The molecule has 2 N–H and O–H groups in total. The van der Waals surface area contributed by atoms with Gasteiger partial charge in [0.2, 0.25) is 0 Å². The van der Waals surface area contributed by atoms with Gasteiger partial charge in [0.05, 0.1) is 13.2 Å². The lowest BCUT2D eigenvalue weighted by Crippen LogP contribution is -2.51. The molecule has 4 atom stereocenters. The Bertz CT molecular complexity index is 729. The molecular formula is C21H22O5. The van der Waals surface area contributed by atoms with E-state index in [1.54, 1.807) is 0 Å². The van der Waals surface area contributed by atoms with Gasteiger partial charge in [-0.15, -0.1) is 0 Å². The van der Waals surface area contributed by atoms with Crippen LogP contribution < -0.4 is 0 Å². The molecule has 2 aromatic carbocycles. The Morgan fingerprint density at radius 3 is 1.92 bits per heavy atom. The fourth-order valence-electron chi connectivity index (χ4n) is 2.93. The van der Waals surface area contributed by atoms with E-state index in [0.717, 1.165) is 11.1 Å². The Morgan fingerprint density at radius 2 is 1.38 bits per heavy atom. The van der Waals surface area contributed by atoms with Gasteiger partial charge in [-0.2, -0.15) is 0 Å². The van der Waals surface area contributed by atoms with Crippen LogP contribution in [0.2, 0.25) is 0 Å². The second-order valence-electron chi connectivity index (χ2n) is 6.24. The van der Waals surface area contributed by atoms with Crippen molar-refractivity contribution in [1.29, 1.82) is 0 Å². The largest absolute Gasteiger partial charge is 0.387 e. The summed E-state index contributed by atoms with van der Waals surface area (Å²) in [7, 11) is 0. The summed E-state index contributed by atoms with van der Waals surface area (Å²) in [5.74, 6) is 0. The molecule has 1 aliphatic rings. The molecule has 0 bridgehead atoms. The number of aliphatic hydroxyl groups excluding tert-OH is 2. The number of ether oxygens (including phenoxy) is 2. The maximum Gasteiger partial charge on any atom is 0.148 e. The molecule has 0 aromatic heterocycles. The summed E-state index contributed by atoms with van der Waals surface area (Å²) < 4.78 is 11.5. The number of aliphatic hydroxyl groups is 2. The van der Waals surface area contributed by atoms with Crippen molar-refractivity contribution < 1.29 is 24.5 Å². The summed E-state index contributed by atoms with van der Waals surface area (Å²) in [5, 5.41) is 20.9. The lowest BCUT2D eigenvalue weighted by molar-refractivity contribution is -0.146. The molecule has 0 saturated carbocycles. The third-order valence-electron chi connectivity index (χ3n) is 4.39. The van der Waals surface area contributed by atoms with E-state index in [-0.39, 0.29) is 18.8 Å². The summed E-state index contributed by atoms with van der Waals surface area (Å²) in [5.41, 5.74) is 2.02. The summed E-state index contributed by atoms with van der Waals surface area (Å²) in [6.07, 6.45) is -1.91. The number of hydrogen-bond donors (Lipinski definition) is 2. The zero-order valence-electron chi connectivity index (χ0n) is 14.3. The van der Waals surface area contributed by atoms with Crippen LogP contribution in [0, 0.1) is 0 Å². The summed E-state index contributed by atoms with van der Waals surface area (Å²) in [6.45, 7) is 0.504. The highest BCUT2D eigenvalue weighted by Gasteiger charge is 2.40. The molecule has 0 aliphatic heterocycles. The second kappa shape index (κ2) is 8.87. The van der Waals surface area contributed by atoms with Crippen molar-refractivity contribution in [3.05, 3.63) is 83.4 Å². The van der Waals surface area contributed by atoms with Gasteiger partial charge in [0.25, 0.3) is 0 Å². The lowest BCUT2D eigenvalue weighted by Gasteiger charge is -2.36. The quantitative estimate of drug-likeness (QED) is 0.744. The van der Waals surface area contributed by atoms with E-state index >= 15 is 0 Å². The maximum atomic E-state index is 11.3. The average Bonchev–Trinajstić information content (AvgIpc) is 2.69. The molecular weight excluding hydrogens is 332 g/mol. The van der Waals surface area contributed by atoms with Gasteiger partial charge in [-0.05, 0) is 17.2 Å². The monoisotopic (exact) mass is 354 g/mol. The molecule has 0 unspecified atom stereocenters. The minimum atomic E-state index is -1.19. The van der Waals surface area contributed by atoms with E-state index in [0.29, 0.717) is 6.29 Å². The van der Waals surface area contributed by atoms with E-state index < -0.39 is 24.4 Å². The van der Waals surface area contributed by atoms with E-state index in [9.17, 15) is 15.0 Å². The Kier molecular flexibility index (Phi) is 6.30. The zero-order chi connectivity index (χ0) is 18.4. The van der Waals surface area contributed by atoms with E-state index in [1.807, 2.05) is 60.7 Å². The Balaban J connectivity index is 1.69. The molecule has 3 rings (SSSR count). The van der Waals surface area contributed by atoms with Crippen molar-refractivity contribution in [1.82, 2.24) is 0 Å². The van der Waals surface area contributed by atoms with Crippen molar-refractivity contribution in [2.45, 2.75) is 37.6 Å². The molecule has 0 heterocycles. The first-order valence-electron chi connectivity index (χ1n) is 8.53. The first-order chi connectivity index (χ1) is 12.7.